The van der Waals surface area contributed by atoms with E-state index in [1.807, 2.05) is 0 Å². The van der Waals surface area contributed by atoms with Crippen LogP contribution in [0.25, 0.3) is 0 Å². The lowest BCUT2D eigenvalue weighted by molar-refractivity contribution is -0.384. The summed E-state index contributed by atoms with van der Waals surface area (Å²) in [7, 11) is -3.15. The lowest BCUT2D eigenvalue weighted by Gasteiger charge is -2.09. The molecule has 106 valence electrons. The highest BCUT2D eigenvalue weighted by atomic mass is 32.2. The first kappa shape index (κ1) is 15.4. The van der Waals surface area contributed by atoms with Gasteiger partial charge in [0.05, 0.1) is 11.2 Å². The van der Waals surface area contributed by atoms with E-state index in [1.54, 1.807) is 13.0 Å². The van der Waals surface area contributed by atoms with Crippen molar-refractivity contribution in [1.82, 2.24) is 4.72 Å². The molecule has 0 bridgehead atoms. The lowest BCUT2D eigenvalue weighted by atomic mass is 10.2. The van der Waals surface area contributed by atoms with Crippen LogP contribution in [-0.2, 0) is 10.0 Å². The Hall–Kier alpha value is -1.67. The third-order valence-corrected chi connectivity index (χ3v) is 3.18. The van der Waals surface area contributed by atoms with Gasteiger partial charge in [-0.05, 0) is 25.0 Å². The fourth-order valence-corrected chi connectivity index (χ4v) is 2.04. The Kier molecular flexibility index (Phi) is 5.25. The molecule has 0 spiro atoms. The molecule has 1 aromatic rings. The van der Waals surface area contributed by atoms with Gasteiger partial charge in [0.2, 0.25) is 10.0 Å². The Morgan fingerprint density at radius 1 is 1.32 bits per heavy atom. The molecule has 0 radical (unpaired) electrons. The molecule has 0 atom stereocenters. The summed E-state index contributed by atoms with van der Waals surface area (Å²) in [5.41, 5.74) is 1.65. The summed E-state index contributed by atoms with van der Waals surface area (Å²) < 4.78 is 24.0. The zero-order chi connectivity index (χ0) is 14.5. The van der Waals surface area contributed by atoms with E-state index in [0.29, 0.717) is 19.5 Å². The summed E-state index contributed by atoms with van der Waals surface area (Å²) in [6, 6.07) is 4.58. The van der Waals surface area contributed by atoms with Crippen molar-refractivity contribution in [3.05, 3.63) is 33.9 Å². The van der Waals surface area contributed by atoms with E-state index in [2.05, 4.69) is 10.0 Å². The van der Waals surface area contributed by atoms with Gasteiger partial charge in [-0.15, -0.1) is 0 Å². The minimum absolute atomic E-state index is 0.0572. The number of sulfonamides is 1. The summed E-state index contributed by atoms with van der Waals surface area (Å²) in [5.74, 6) is 0. The number of nitro benzene ring substituents is 1. The quantitative estimate of drug-likeness (QED) is 0.446. The Morgan fingerprint density at radius 2 is 2.00 bits per heavy atom. The number of rotatable bonds is 7. The number of non-ortho nitro benzene ring substituents is 1. The molecule has 0 amide bonds. The van der Waals surface area contributed by atoms with Crippen molar-refractivity contribution in [1.29, 1.82) is 0 Å². The molecule has 0 aliphatic carbocycles. The third kappa shape index (κ3) is 5.66. The summed E-state index contributed by atoms with van der Waals surface area (Å²) in [6.07, 6.45) is 1.74. The molecule has 0 heterocycles. The number of anilines is 1. The van der Waals surface area contributed by atoms with Crippen LogP contribution in [0.15, 0.2) is 18.2 Å². The van der Waals surface area contributed by atoms with Crippen LogP contribution in [0, 0.1) is 17.0 Å². The number of hydrogen-bond acceptors (Lipinski definition) is 5. The zero-order valence-electron chi connectivity index (χ0n) is 10.8. The minimum atomic E-state index is -3.15. The topological polar surface area (TPSA) is 101 Å². The van der Waals surface area contributed by atoms with Crippen LogP contribution in [0.3, 0.4) is 0 Å². The van der Waals surface area contributed by atoms with Gasteiger partial charge in [0.15, 0.2) is 0 Å². The molecule has 0 fully saturated rings. The van der Waals surface area contributed by atoms with Crippen molar-refractivity contribution < 1.29 is 13.3 Å². The molecule has 8 heteroatoms. The predicted molar refractivity (Wildman–Crippen MR) is 73.8 cm³/mol. The van der Waals surface area contributed by atoms with Crippen molar-refractivity contribution in [2.24, 2.45) is 0 Å². The van der Waals surface area contributed by atoms with Crippen LogP contribution in [0.5, 0.6) is 0 Å². The highest BCUT2D eigenvalue weighted by molar-refractivity contribution is 7.88. The first-order valence-corrected chi connectivity index (χ1v) is 7.62. The van der Waals surface area contributed by atoms with E-state index in [1.165, 1.54) is 12.1 Å². The summed E-state index contributed by atoms with van der Waals surface area (Å²) in [6.45, 7) is 2.73. The number of nitro groups is 1. The molecular formula is C11H17N3O4S. The molecular weight excluding hydrogens is 270 g/mol. The average molecular weight is 287 g/mol. The van der Waals surface area contributed by atoms with Crippen LogP contribution in [0.2, 0.25) is 0 Å². The van der Waals surface area contributed by atoms with Gasteiger partial charge in [0, 0.05) is 30.9 Å². The summed E-state index contributed by atoms with van der Waals surface area (Å²) >= 11 is 0. The number of hydrogen-bond donors (Lipinski definition) is 2. The largest absolute Gasteiger partial charge is 0.385 e. The van der Waals surface area contributed by atoms with Crippen LogP contribution in [0.1, 0.15) is 12.0 Å². The highest BCUT2D eigenvalue weighted by Gasteiger charge is 2.07. The maximum absolute atomic E-state index is 10.8. The van der Waals surface area contributed by atoms with Gasteiger partial charge < -0.3 is 5.32 Å². The molecule has 0 aromatic heterocycles. The summed E-state index contributed by atoms with van der Waals surface area (Å²) in [5, 5.41) is 13.7. The molecule has 7 nitrogen and oxygen atoms in total. The molecule has 0 unspecified atom stereocenters. The van der Waals surface area contributed by atoms with E-state index in [0.717, 1.165) is 17.5 Å². The molecule has 19 heavy (non-hydrogen) atoms. The van der Waals surface area contributed by atoms with Crippen LogP contribution in [0.4, 0.5) is 11.4 Å². The standard InChI is InChI=1S/C11H17N3O4S/c1-9-8-10(14(15)16)4-5-11(9)12-6-3-7-13-19(2,17)18/h4-5,8,12-13H,3,6-7H2,1-2H3. The Morgan fingerprint density at radius 3 is 2.53 bits per heavy atom. The molecule has 0 aliphatic rings. The monoisotopic (exact) mass is 287 g/mol. The van der Waals surface area contributed by atoms with Crippen molar-refractivity contribution in [3.8, 4) is 0 Å². The SMILES string of the molecule is Cc1cc([N+](=O)[O-])ccc1NCCCNS(C)(=O)=O. The van der Waals surface area contributed by atoms with Crippen LogP contribution in [-0.4, -0.2) is 32.7 Å². The van der Waals surface area contributed by atoms with E-state index in [-0.39, 0.29) is 5.69 Å². The third-order valence-electron chi connectivity index (χ3n) is 2.45. The fourth-order valence-electron chi connectivity index (χ4n) is 1.53. The van der Waals surface area contributed by atoms with Gasteiger partial charge in [-0.1, -0.05) is 0 Å². The minimum Gasteiger partial charge on any atom is -0.385 e. The smallest absolute Gasteiger partial charge is 0.269 e. The molecule has 0 saturated heterocycles. The maximum Gasteiger partial charge on any atom is 0.269 e. The average Bonchev–Trinajstić information content (AvgIpc) is 2.28. The van der Waals surface area contributed by atoms with E-state index in [9.17, 15) is 18.5 Å². The second-order valence-corrected chi connectivity index (χ2v) is 6.04. The van der Waals surface area contributed by atoms with Gasteiger partial charge in [0.25, 0.3) is 5.69 Å². The molecule has 0 saturated carbocycles. The van der Waals surface area contributed by atoms with Crippen molar-refractivity contribution >= 4 is 21.4 Å². The van der Waals surface area contributed by atoms with Gasteiger partial charge >= 0.3 is 0 Å². The predicted octanol–water partition coefficient (Wildman–Crippen LogP) is 1.25. The fraction of sp³-hybridized carbons (Fsp3) is 0.455. The normalized spacial score (nSPS) is 11.3. The number of aryl methyl sites for hydroxylation is 1. The first-order chi connectivity index (χ1) is 8.79. The molecule has 2 N–H and O–H groups in total. The second kappa shape index (κ2) is 6.48. The summed E-state index contributed by atoms with van der Waals surface area (Å²) in [4.78, 5) is 10.1. The Bertz CT molecular complexity index is 557. The molecule has 1 rings (SSSR count). The number of nitrogens with zero attached hydrogens (tertiary/aromatic N) is 1. The van der Waals surface area contributed by atoms with Crippen molar-refractivity contribution in [3.63, 3.8) is 0 Å². The van der Waals surface area contributed by atoms with Gasteiger partial charge in [0.1, 0.15) is 0 Å². The van der Waals surface area contributed by atoms with Crippen molar-refractivity contribution in [2.45, 2.75) is 13.3 Å². The number of benzene rings is 1. The van der Waals surface area contributed by atoms with E-state index >= 15 is 0 Å². The van der Waals surface area contributed by atoms with E-state index in [4.69, 9.17) is 0 Å². The van der Waals surface area contributed by atoms with Crippen LogP contribution >= 0.6 is 0 Å². The Balaban J connectivity index is 2.44. The van der Waals surface area contributed by atoms with Crippen LogP contribution < -0.4 is 10.0 Å². The van der Waals surface area contributed by atoms with E-state index < -0.39 is 14.9 Å². The highest BCUT2D eigenvalue weighted by Crippen LogP contribution is 2.20. The second-order valence-electron chi connectivity index (χ2n) is 4.20. The van der Waals surface area contributed by atoms with Crippen molar-refractivity contribution in [2.75, 3.05) is 24.7 Å². The van der Waals surface area contributed by atoms with Gasteiger partial charge in [-0.3, -0.25) is 10.1 Å². The zero-order valence-corrected chi connectivity index (χ0v) is 11.7. The maximum atomic E-state index is 10.8. The lowest BCUT2D eigenvalue weighted by Crippen LogP contribution is -2.24. The van der Waals surface area contributed by atoms with Gasteiger partial charge in [-0.25, -0.2) is 13.1 Å². The molecule has 0 aliphatic heterocycles. The number of nitrogens with one attached hydrogen (secondary N) is 2. The molecule has 1 aromatic carbocycles. The first-order valence-electron chi connectivity index (χ1n) is 5.73. The Labute approximate surface area is 112 Å². The van der Waals surface area contributed by atoms with Gasteiger partial charge in [-0.2, -0.15) is 0 Å².